The van der Waals surface area contributed by atoms with Gasteiger partial charge in [-0.15, -0.1) is 0 Å². The number of ether oxygens (including phenoxy) is 2. The Balaban J connectivity index is 1.69. The molecule has 3 heterocycles. The van der Waals surface area contributed by atoms with Crippen molar-refractivity contribution in [2.75, 3.05) is 37.8 Å². The number of hydrogen-bond donors (Lipinski definition) is 2. The summed E-state index contributed by atoms with van der Waals surface area (Å²) >= 11 is 0. The Morgan fingerprint density at radius 1 is 1.26 bits per heavy atom. The van der Waals surface area contributed by atoms with Gasteiger partial charge in [-0.1, -0.05) is 12.1 Å². The number of benzene rings is 1. The molecule has 0 amide bonds. The first-order valence-corrected chi connectivity index (χ1v) is 10.2. The van der Waals surface area contributed by atoms with E-state index in [2.05, 4.69) is 27.0 Å². The molecular weight excluding hydrogens is 396 g/mol. The average Bonchev–Trinajstić information content (AvgIpc) is 2.81. The van der Waals surface area contributed by atoms with Crippen molar-refractivity contribution in [3.8, 4) is 17.1 Å². The highest BCUT2D eigenvalue weighted by Crippen LogP contribution is 2.28. The molecule has 9 heteroatoms. The van der Waals surface area contributed by atoms with Gasteiger partial charge in [0, 0.05) is 49.7 Å². The van der Waals surface area contributed by atoms with Gasteiger partial charge in [0.05, 0.1) is 37.4 Å². The van der Waals surface area contributed by atoms with Gasteiger partial charge in [0.1, 0.15) is 5.39 Å². The highest BCUT2D eigenvalue weighted by molar-refractivity contribution is 5.86. The third-order valence-corrected chi connectivity index (χ3v) is 5.25. The van der Waals surface area contributed by atoms with Crippen LogP contribution in [0.2, 0.25) is 0 Å². The molecule has 3 aromatic rings. The van der Waals surface area contributed by atoms with Gasteiger partial charge in [-0.2, -0.15) is 0 Å². The lowest BCUT2D eigenvalue weighted by molar-refractivity contribution is 0.122. The predicted octanol–water partition coefficient (Wildman–Crippen LogP) is 1.36. The van der Waals surface area contributed by atoms with Gasteiger partial charge >= 0.3 is 0 Å². The smallest absolute Gasteiger partial charge is 0.266 e. The molecule has 1 aliphatic heterocycles. The lowest BCUT2D eigenvalue weighted by Crippen LogP contribution is -2.36. The van der Waals surface area contributed by atoms with Crippen LogP contribution in [0.5, 0.6) is 5.88 Å². The van der Waals surface area contributed by atoms with Crippen LogP contribution in [0.1, 0.15) is 6.42 Å². The highest BCUT2D eigenvalue weighted by Gasteiger charge is 2.16. The fourth-order valence-corrected chi connectivity index (χ4v) is 3.46. The van der Waals surface area contributed by atoms with Crippen molar-refractivity contribution in [2.45, 2.75) is 6.42 Å². The van der Waals surface area contributed by atoms with Gasteiger partial charge in [-0.25, -0.2) is 9.97 Å². The molecule has 0 unspecified atom stereocenters. The van der Waals surface area contributed by atoms with E-state index in [4.69, 9.17) is 20.9 Å². The van der Waals surface area contributed by atoms with E-state index >= 15 is 0 Å². The van der Waals surface area contributed by atoms with Crippen LogP contribution in [0.25, 0.3) is 22.2 Å². The normalized spacial score (nSPS) is 14.7. The topological polar surface area (TPSA) is 122 Å². The van der Waals surface area contributed by atoms with Gasteiger partial charge in [0.2, 0.25) is 5.88 Å². The molecular formula is C22H26N6O3. The molecule has 2 aromatic heterocycles. The van der Waals surface area contributed by atoms with E-state index in [1.807, 2.05) is 18.2 Å². The zero-order valence-electron chi connectivity index (χ0n) is 17.5. The molecule has 0 aliphatic carbocycles. The second-order valence-electron chi connectivity index (χ2n) is 7.35. The van der Waals surface area contributed by atoms with Crippen LogP contribution in [0.3, 0.4) is 0 Å². The standard InChI is InChI=1S/C22H26N6O3/c1-27-14-25-19-12-18(15-2-4-17(5-3-15)28-7-10-30-11-8-28)26-21(20(19)22(27)29)31-9-6-16(24)13-23/h2-5,12-14H,6-11,23-24H2,1H3/b16-13-. The van der Waals surface area contributed by atoms with E-state index in [1.165, 1.54) is 17.1 Å². The van der Waals surface area contributed by atoms with E-state index in [1.54, 1.807) is 7.05 Å². The summed E-state index contributed by atoms with van der Waals surface area (Å²) in [7, 11) is 1.64. The lowest BCUT2D eigenvalue weighted by Gasteiger charge is -2.28. The van der Waals surface area contributed by atoms with E-state index in [0.717, 1.165) is 37.6 Å². The van der Waals surface area contributed by atoms with Crippen LogP contribution >= 0.6 is 0 Å². The first-order valence-electron chi connectivity index (χ1n) is 10.2. The molecule has 0 bridgehead atoms. The maximum atomic E-state index is 12.7. The van der Waals surface area contributed by atoms with Gasteiger partial charge in [-0.3, -0.25) is 4.79 Å². The summed E-state index contributed by atoms with van der Waals surface area (Å²) < 4.78 is 12.7. The molecule has 162 valence electrons. The number of nitrogens with two attached hydrogens (primary N) is 2. The summed E-state index contributed by atoms with van der Waals surface area (Å²) in [5, 5.41) is 0.342. The number of anilines is 1. The van der Waals surface area contributed by atoms with Gasteiger partial charge in [-0.05, 0) is 18.2 Å². The van der Waals surface area contributed by atoms with Crippen molar-refractivity contribution in [3.63, 3.8) is 0 Å². The molecule has 0 saturated carbocycles. The second kappa shape index (κ2) is 9.05. The third kappa shape index (κ3) is 4.46. The van der Waals surface area contributed by atoms with Crippen molar-refractivity contribution in [1.82, 2.24) is 14.5 Å². The number of nitrogens with zero attached hydrogens (tertiary/aromatic N) is 4. The minimum Gasteiger partial charge on any atom is -0.477 e. The Labute approximate surface area is 179 Å². The minimum atomic E-state index is -0.218. The first-order chi connectivity index (χ1) is 15.1. The van der Waals surface area contributed by atoms with Gasteiger partial charge < -0.3 is 30.4 Å². The maximum Gasteiger partial charge on any atom is 0.266 e. The molecule has 1 fully saturated rings. The van der Waals surface area contributed by atoms with Crippen molar-refractivity contribution in [1.29, 1.82) is 0 Å². The van der Waals surface area contributed by atoms with Crippen LogP contribution in [-0.4, -0.2) is 47.4 Å². The van der Waals surface area contributed by atoms with E-state index in [-0.39, 0.29) is 18.0 Å². The van der Waals surface area contributed by atoms with E-state index in [9.17, 15) is 4.79 Å². The van der Waals surface area contributed by atoms with Crippen molar-refractivity contribution >= 4 is 16.6 Å². The molecule has 0 spiro atoms. The maximum absolute atomic E-state index is 12.7. The number of rotatable bonds is 6. The quantitative estimate of drug-likeness (QED) is 0.611. The Morgan fingerprint density at radius 3 is 2.71 bits per heavy atom. The van der Waals surface area contributed by atoms with Gasteiger partial charge in [0.25, 0.3) is 5.56 Å². The van der Waals surface area contributed by atoms with Crippen LogP contribution in [0.4, 0.5) is 5.69 Å². The summed E-state index contributed by atoms with van der Waals surface area (Å²) in [5.74, 6) is 0.239. The van der Waals surface area contributed by atoms with Crippen LogP contribution in [-0.2, 0) is 11.8 Å². The van der Waals surface area contributed by atoms with Crippen molar-refractivity contribution in [2.24, 2.45) is 18.5 Å². The Morgan fingerprint density at radius 2 is 2.00 bits per heavy atom. The monoisotopic (exact) mass is 422 g/mol. The second-order valence-corrected chi connectivity index (χ2v) is 7.35. The van der Waals surface area contributed by atoms with Crippen LogP contribution < -0.4 is 26.7 Å². The largest absolute Gasteiger partial charge is 0.477 e. The van der Waals surface area contributed by atoms with Crippen LogP contribution in [0, 0.1) is 0 Å². The molecule has 1 aliphatic rings. The highest BCUT2D eigenvalue weighted by atomic mass is 16.5. The predicted molar refractivity (Wildman–Crippen MR) is 120 cm³/mol. The third-order valence-electron chi connectivity index (χ3n) is 5.25. The zero-order chi connectivity index (χ0) is 21.8. The minimum absolute atomic E-state index is 0.218. The van der Waals surface area contributed by atoms with Gasteiger partial charge in [0.15, 0.2) is 0 Å². The number of fused-ring (bicyclic) bond motifs is 1. The Bertz CT molecular complexity index is 1150. The number of aryl methyl sites for hydroxylation is 1. The average molecular weight is 422 g/mol. The number of morpholine rings is 1. The summed E-state index contributed by atoms with van der Waals surface area (Å²) in [5.41, 5.74) is 14.7. The van der Waals surface area contributed by atoms with E-state index < -0.39 is 0 Å². The number of hydrogen-bond acceptors (Lipinski definition) is 8. The zero-order valence-corrected chi connectivity index (χ0v) is 17.5. The van der Waals surface area contributed by atoms with Crippen molar-refractivity contribution < 1.29 is 9.47 Å². The Hall–Kier alpha value is -3.59. The fourth-order valence-electron chi connectivity index (χ4n) is 3.46. The SMILES string of the molecule is Cn1cnc2cc(-c3ccc(N4CCOCC4)cc3)nc(OCC/C(N)=C/N)c2c1=O. The summed E-state index contributed by atoms with van der Waals surface area (Å²) in [6.07, 6.45) is 3.26. The molecule has 0 atom stereocenters. The van der Waals surface area contributed by atoms with Crippen LogP contribution in [0.15, 0.2) is 53.4 Å². The lowest BCUT2D eigenvalue weighted by atomic mass is 10.1. The summed E-state index contributed by atoms with van der Waals surface area (Å²) in [4.78, 5) is 24.0. The Kier molecular flexibility index (Phi) is 6.03. The number of pyridine rings is 1. The fraction of sp³-hybridized carbons (Fsp3) is 0.318. The molecule has 4 N–H and O–H groups in total. The molecule has 1 saturated heterocycles. The van der Waals surface area contributed by atoms with E-state index in [0.29, 0.717) is 28.7 Å². The summed E-state index contributed by atoms with van der Waals surface area (Å²) in [6, 6.07) is 9.97. The molecule has 9 nitrogen and oxygen atoms in total. The molecule has 0 radical (unpaired) electrons. The molecule has 31 heavy (non-hydrogen) atoms. The summed E-state index contributed by atoms with van der Waals surface area (Å²) in [6.45, 7) is 3.47. The first kappa shape index (κ1) is 20.7. The van der Waals surface area contributed by atoms with Crippen molar-refractivity contribution in [3.05, 3.63) is 58.9 Å². The number of aromatic nitrogens is 3. The molecule has 1 aromatic carbocycles. The molecule has 4 rings (SSSR count).